The average molecular weight is 306 g/mol. The van der Waals surface area contributed by atoms with E-state index in [9.17, 15) is 9.59 Å². The van der Waals surface area contributed by atoms with E-state index in [0.29, 0.717) is 19.0 Å². The van der Waals surface area contributed by atoms with Gasteiger partial charge in [-0.1, -0.05) is 0 Å². The Morgan fingerprint density at radius 1 is 1.36 bits per heavy atom. The van der Waals surface area contributed by atoms with Crippen LogP contribution in [0.3, 0.4) is 0 Å². The second-order valence-corrected chi connectivity index (χ2v) is 5.94. The van der Waals surface area contributed by atoms with E-state index in [1.165, 1.54) is 6.92 Å². The molecule has 2 fully saturated rings. The van der Waals surface area contributed by atoms with Gasteiger partial charge in [0, 0.05) is 38.9 Å². The van der Waals surface area contributed by atoms with Crippen LogP contribution in [0.25, 0.3) is 0 Å². The third-order valence-corrected chi connectivity index (χ3v) is 4.22. The molecule has 2 aliphatic rings. The Morgan fingerprint density at radius 3 is 2.95 bits per heavy atom. The Hall–Kier alpha value is -1.89. The smallest absolute Gasteiger partial charge is 0.251 e. The molecule has 1 aromatic rings. The summed E-state index contributed by atoms with van der Waals surface area (Å²) >= 11 is 0. The lowest BCUT2D eigenvalue weighted by molar-refractivity contribution is -0.145. The van der Waals surface area contributed by atoms with E-state index in [0.717, 1.165) is 32.2 Å². The molecule has 2 amide bonds. The molecular formula is C15H22N4O3. The molecule has 0 bridgehead atoms. The SMILES string of the molecule is CC(=O)Nc1ccn([C@@H]2CCN(C(=O)[C@H]3CCCCO3)C2)n1. The summed E-state index contributed by atoms with van der Waals surface area (Å²) in [6, 6.07) is 1.94. The number of ether oxygens (including phenoxy) is 1. The first-order valence-electron chi connectivity index (χ1n) is 7.86. The zero-order chi connectivity index (χ0) is 15.5. The van der Waals surface area contributed by atoms with Gasteiger partial charge in [0.1, 0.15) is 6.10 Å². The molecular weight excluding hydrogens is 284 g/mol. The van der Waals surface area contributed by atoms with E-state index in [4.69, 9.17) is 4.74 Å². The lowest BCUT2D eigenvalue weighted by Gasteiger charge is -2.26. The molecule has 0 saturated carbocycles. The molecule has 0 spiro atoms. The van der Waals surface area contributed by atoms with E-state index >= 15 is 0 Å². The molecule has 120 valence electrons. The van der Waals surface area contributed by atoms with E-state index in [1.54, 1.807) is 6.07 Å². The number of hydrogen-bond donors (Lipinski definition) is 1. The van der Waals surface area contributed by atoms with Crippen molar-refractivity contribution in [3.05, 3.63) is 12.3 Å². The van der Waals surface area contributed by atoms with Crippen LogP contribution in [0.5, 0.6) is 0 Å². The number of rotatable bonds is 3. The Morgan fingerprint density at radius 2 is 2.23 bits per heavy atom. The Labute approximate surface area is 129 Å². The van der Waals surface area contributed by atoms with E-state index in [2.05, 4.69) is 10.4 Å². The van der Waals surface area contributed by atoms with Gasteiger partial charge in [-0.3, -0.25) is 14.3 Å². The van der Waals surface area contributed by atoms with Gasteiger partial charge in [-0.25, -0.2) is 0 Å². The zero-order valence-corrected chi connectivity index (χ0v) is 12.8. The molecule has 1 aromatic heterocycles. The van der Waals surface area contributed by atoms with Crippen molar-refractivity contribution in [3.8, 4) is 0 Å². The quantitative estimate of drug-likeness (QED) is 0.910. The first-order chi connectivity index (χ1) is 10.6. The van der Waals surface area contributed by atoms with Gasteiger partial charge in [-0.05, 0) is 25.7 Å². The topological polar surface area (TPSA) is 76.5 Å². The monoisotopic (exact) mass is 306 g/mol. The van der Waals surface area contributed by atoms with Gasteiger partial charge in [0.25, 0.3) is 5.91 Å². The highest BCUT2D eigenvalue weighted by molar-refractivity contribution is 5.87. The van der Waals surface area contributed by atoms with E-state index < -0.39 is 0 Å². The Kier molecular flexibility index (Phi) is 4.42. The third-order valence-electron chi connectivity index (χ3n) is 4.22. The number of anilines is 1. The van der Waals surface area contributed by atoms with Crippen LogP contribution >= 0.6 is 0 Å². The average Bonchev–Trinajstić information content (AvgIpc) is 3.15. The molecule has 2 aliphatic heterocycles. The van der Waals surface area contributed by atoms with Crippen LogP contribution in [-0.4, -0.2) is 52.3 Å². The zero-order valence-electron chi connectivity index (χ0n) is 12.8. The standard InChI is InChI=1S/C15H22N4O3/c1-11(20)16-14-6-8-19(17-14)12-5-7-18(10-12)15(21)13-4-2-3-9-22-13/h6,8,12-13H,2-5,7,9-10H2,1H3,(H,16,17,20)/t12-,13-/m1/s1. The van der Waals surface area contributed by atoms with Crippen molar-refractivity contribution in [2.45, 2.75) is 44.8 Å². The van der Waals surface area contributed by atoms with Gasteiger partial charge in [0.15, 0.2) is 5.82 Å². The minimum Gasteiger partial charge on any atom is -0.368 e. The van der Waals surface area contributed by atoms with Gasteiger partial charge >= 0.3 is 0 Å². The summed E-state index contributed by atoms with van der Waals surface area (Å²) in [4.78, 5) is 25.4. The maximum Gasteiger partial charge on any atom is 0.251 e. The van der Waals surface area contributed by atoms with Crippen LogP contribution in [0, 0.1) is 0 Å². The number of likely N-dealkylation sites (tertiary alicyclic amines) is 1. The fourth-order valence-corrected chi connectivity index (χ4v) is 3.09. The summed E-state index contributed by atoms with van der Waals surface area (Å²) in [6.45, 7) is 3.53. The van der Waals surface area contributed by atoms with Gasteiger partial charge < -0.3 is 15.0 Å². The molecule has 0 aromatic carbocycles. The summed E-state index contributed by atoms with van der Waals surface area (Å²) in [7, 11) is 0. The summed E-state index contributed by atoms with van der Waals surface area (Å²) < 4.78 is 7.41. The van der Waals surface area contributed by atoms with Crippen molar-refractivity contribution >= 4 is 17.6 Å². The summed E-state index contributed by atoms with van der Waals surface area (Å²) in [5.74, 6) is 0.521. The van der Waals surface area contributed by atoms with Crippen molar-refractivity contribution in [1.29, 1.82) is 0 Å². The molecule has 0 unspecified atom stereocenters. The molecule has 2 atom stereocenters. The fraction of sp³-hybridized carbons (Fsp3) is 0.667. The molecule has 0 aliphatic carbocycles. The Bertz CT molecular complexity index is 551. The van der Waals surface area contributed by atoms with Crippen molar-refractivity contribution in [2.24, 2.45) is 0 Å². The highest BCUT2D eigenvalue weighted by atomic mass is 16.5. The van der Waals surface area contributed by atoms with E-state index in [-0.39, 0.29) is 24.0 Å². The number of nitrogens with zero attached hydrogens (tertiary/aromatic N) is 3. The van der Waals surface area contributed by atoms with Crippen LogP contribution in [0.2, 0.25) is 0 Å². The van der Waals surface area contributed by atoms with Crippen molar-refractivity contribution in [2.75, 3.05) is 25.0 Å². The molecule has 0 radical (unpaired) electrons. The largest absolute Gasteiger partial charge is 0.368 e. The molecule has 7 heteroatoms. The van der Waals surface area contributed by atoms with Crippen molar-refractivity contribution in [1.82, 2.24) is 14.7 Å². The molecule has 7 nitrogen and oxygen atoms in total. The molecule has 3 heterocycles. The molecule has 3 rings (SSSR count). The second-order valence-electron chi connectivity index (χ2n) is 5.94. The number of carbonyl (C=O) groups is 2. The van der Waals surface area contributed by atoms with Gasteiger partial charge in [-0.15, -0.1) is 0 Å². The first-order valence-corrected chi connectivity index (χ1v) is 7.86. The molecule has 2 saturated heterocycles. The van der Waals surface area contributed by atoms with Gasteiger partial charge in [0.05, 0.1) is 6.04 Å². The number of nitrogens with one attached hydrogen (secondary N) is 1. The second kappa shape index (κ2) is 6.48. The maximum absolute atomic E-state index is 12.4. The lowest BCUT2D eigenvalue weighted by Crippen LogP contribution is -2.40. The fourth-order valence-electron chi connectivity index (χ4n) is 3.09. The summed E-state index contributed by atoms with van der Waals surface area (Å²) in [6.07, 6.45) is 5.40. The van der Waals surface area contributed by atoms with Gasteiger partial charge in [0.2, 0.25) is 5.91 Å². The number of amides is 2. The Balaban J connectivity index is 1.58. The van der Waals surface area contributed by atoms with Crippen LogP contribution in [0.15, 0.2) is 12.3 Å². The van der Waals surface area contributed by atoms with Crippen LogP contribution in [0.4, 0.5) is 5.82 Å². The first kappa shape index (κ1) is 15.0. The highest BCUT2D eigenvalue weighted by Gasteiger charge is 2.33. The number of carbonyl (C=O) groups excluding carboxylic acids is 2. The maximum atomic E-state index is 12.4. The summed E-state index contributed by atoms with van der Waals surface area (Å²) in [5, 5.41) is 7.02. The van der Waals surface area contributed by atoms with Crippen LogP contribution < -0.4 is 5.32 Å². The van der Waals surface area contributed by atoms with Crippen molar-refractivity contribution in [3.63, 3.8) is 0 Å². The lowest BCUT2D eigenvalue weighted by atomic mass is 10.1. The number of hydrogen-bond acceptors (Lipinski definition) is 4. The van der Waals surface area contributed by atoms with Gasteiger partial charge in [-0.2, -0.15) is 5.10 Å². The summed E-state index contributed by atoms with van der Waals surface area (Å²) in [5.41, 5.74) is 0. The molecule has 22 heavy (non-hydrogen) atoms. The number of aromatic nitrogens is 2. The van der Waals surface area contributed by atoms with E-state index in [1.807, 2.05) is 15.8 Å². The van der Waals surface area contributed by atoms with Crippen molar-refractivity contribution < 1.29 is 14.3 Å². The normalized spacial score (nSPS) is 25.2. The minimum atomic E-state index is -0.264. The minimum absolute atomic E-state index is 0.108. The van der Waals surface area contributed by atoms with Crippen LogP contribution in [-0.2, 0) is 14.3 Å². The van der Waals surface area contributed by atoms with Crippen LogP contribution in [0.1, 0.15) is 38.6 Å². The molecule has 1 N–H and O–H groups in total. The predicted octanol–water partition coefficient (Wildman–Crippen LogP) is 1.18. The highest BCUT2D eigenvalue weighted by Crippen LogP contribution is 2.24. The third kappa shape index (κ3) is 3.30. The predicted molar refractivity (Wildman–Crippen MR) is 80.4 cm³/mol.